The molecule has 0 amide bonds. The zero-order chi connectivity index (χ0) is 15.6. The lowest BCUT2D eigenvalue weighted by Crippen LogP contribution is -2.42. The number of likely N-dealkylation sites (tertiary alicyclic amines) is 1. The van der Waals surface area contributed by atoms with Gasteiger partial charge in [0, 0.05) is 19.3 Å². The van der Waals surface area contributed by atoms with Crippen LogP contribution >= 0.6 is 12.4 Å². The van der Waals surface area contributed by atoms with Crippen molar-refractivity contribution in [1.82, 2.24) is 20.0 Å². The second kappa shape index (κ2) is 7.85. The lowest BCUT2D eigenvalue weighted by Gasteiger charge is -2.36. The number of nitrogens with one attached hydrogen (secondary N) is 1. The van der Waals surface area contributed by atoms with Crippen LogP contribution in [0.4, 0.5) is 13.2 Å². The molecule has 1 aromatic rings. The molecule has 0 bridgehead atoms. The van der Waals surface area contributed by atoms with E-state index in [0.717, 1.165) is 51.6 Å². The molecule has 1 N–H and O–H groups in total. The minimum absolute atomic E-state index is 0. The highest BCUT2D eigenvalue weighted by atomic mass is 35.5. The van der Waals surface area contributed by atoms with Crippen LogP contribution in [0.3, 0.4) is 0 Å². The van der Waals surface area contributed by atoms with Crippen LogP contribution in [0.15, 0.2) is 12.3 Å². The van der Waals surface area contributed by atoms with Gasteiger partial charge >= 0.3 is 6.18 Å². The second-order valence-corrected chi connectivity index (χ2v) is 6.43. The van der Waals surface area contributed by atoms with Gasteiger partial charge in [-0.25, -0.2) is 0 Å². The van der Waals surface area contributed by atoms with Crippen LogP contribution in [-0.4, -0.2) is 47.4 Å². The second-order valence-electron chi connectivity index (χ2n) is 6.43. The van der Waals surface area contributed by atoms with Gasteiger partial charge in [-0.2, -0.15) is 18.3 Å². The van der Waals surface area contributed by atoms with Gasteiger partial charge in [0.15, 0.2) is 5.69 Å². The maximum atomic E-state index is 12.7. The number of halogens is 4. The van der Waals surface area contributed by atoms with Gasteiger partial charge in [-0.05, 0) is 57.3 Å². The van der Waals surface area contributed by atoms with E-state index >= 15 is 0 Å². The summed E-state index contributed by atoms with van der Waals surface area (Å²) in [5.74, 6) is 0.711. The van der Waals surface area contributed by atoms with E-state index in [-0.39, 0.29) is 18.4 Å². The number of hydrogen-bond donors (Lipinski definition) is 1. The molecule has 0 spiro atoms. The Morgan fingerprint density at radius 3 is 2.61 bits per heavy atom. The molecule has 8 heteroatoms. The van der Waals surface area contributed by atoms with Crippen LogP contribution in [-0.2, 0) is 6.18 Å². The fourth-order valence-corrected chi connectivity index (χ4v) is 3.53. The van der Waals surface area contributed by atoms with Crippen LogP contribution in [0, 0.1) is 5.92 Å². The van der Waals surface area contributed by atoms with Gasteiger partial charge in [0.2, 0.25) is 0 Å². The summed E-state index contributed by atoms with van der Waals surface area (Å²) >= 11 is 0. The minimum atomic E-state index is -4.35. The summed E-state index contributed by atoms with van der Waals surface area (Å²) in [6, 6.07) is 1.14. The minimum Gasteiger partial charge on any atom is -0.317 e. The summed E-state index contributed by atoms with van der Waals surface area (Å²) in [4.78, 5) is 2.40. The van der Waals surface area contributed by atoms with Crippen molar-refractivity contribution in [3.05, 3.63) is 18.0 Å². The molecule has 1 aromatic heterocycles. The van der Waals surface area contributed by atoms with Crippen LogP contribution in [0.1, 0.15) is 37.4 Å². The summed E-state index contributed by atoms with van der Waals surface area (Å²) in [6.07, 6.45) is 1.44. The molecule has 2 saturated heterocycles. The van der Waals surface area contributed by atoms with Crippen LogP contribution in [0.5, 0.6) is 0 Å². The van der Waals surface area contributed by atoms with Crippen LogP contribution in [0.2, 0.25) is 0 Å². The molecule has 1 atom stereocenters. The summed E-state index contributed by atoms with van der Waals surface area (Å²) in [7, 11) is 0. The smallest absolute Gasteiger partial charge is 0.317 e. The Bertz CT molecular complexity index is 485. The zero-order valence-corrected chi connectivity index (χ0v) is 13.9. The largest absolute Gasteiger partial charge is 0.435 e. The number of hydrogen-bond acceptors (Lipinski definition) is 3. The van der Waals surface area contributed by atoms with E-state index in [1.165, 1.54) is 23.7 Å². The monoisotopic (exact) mass is 352 g/mol. The summed E-state index contributed by atoms with van der Waals surface area (Å²) in [5, 5.41) is 7.11. The Morgan fingerprint density at radius 2 is 1.96 bits per heavy atom. The molecule has 0 aliphatic carbocycles. The summed E-state index contributed by atoms with van der Waals surface area (Å²) in [6.45, 7) is 5.08. The Kier molecular flexibility index (Phi) is 6.33. The van der Waals surface area contributed by atoms with Crippen molar-refractivity contribution in [2.45, 2.75) is 37.9 Å². The first kappa shape index (κ1) is 18.5. The number of alkyl halides is 3. The highest BCUT2D eigenvalue weighted by Crippen LogP contribution is 2.29. The Balaban J connectivity index is 0.00000192. The van der Waals surface area contributed by atoms with E-state index in [1.54, 1.807) is 0 Å². The van der Waals surface area contributed by atoms with Crippen molar-refractivity contribution in [2.75, 3.05) is 32.7 Å². The molecule has 1 unspecified atom stereocenters. The number of nitrogens with zero attached hydrogens (tertiary/aromatic N) is 3. The third kappa shape index (κ3) is 4.84. The van der Waals surface area contributed by atoms with Crippen molar-refractivity contribution < 1.29 is 13.2 Å². The lowest BCUT2D eigenvalue weighted by molar-refractivity contribution is -0.141. The van der Waals surface area contributed by atoms with Crippen molar-refractivity contribution >= 4 is 12.4 Å². The average Bonchev–Trinajstić information content (AvgIpc) is 2.99. The van der Waals surface area contributed by atoms with Gasteiger partial charge in [0.05, 0.1) is 6.04 Å². The van der Waals surface area contributed by atoms with Crippen molar-refractivity contribution in [3.63, 3.8) is 0 Å². The van der Waals surface area contributed by atoms with Gasteiger partial charge in [-0.15, -0.1) is 12.4 Å². The molecule has 3 rings (SSSR count). The first-order chi connectivity index (χ1) is 10.5. The first-order valence-corrected chi connectivity index (χ1v) is 8.08. The molecule has 4 nitrogen and oxygen atoms in total. The number of piperidine rings is 2. The summed E-state index contributed by atoms with van der Waals surface area (Å²) in [5.41, 5.74) is -0.789. The van der Waals surface area contributed by atoms with Gasteiger partial charge in [-0.3, -0.25) is 4.68 Å². The van der Waals surface area contributed by atoms with Crippen LogP contribution in [0.25, 0.3) is 0 Å². The third-order valence-electron chi connectivity index (χ3n) is 4.73. The lowest BCUT2D eigenvalue weighted by atomic mass is 9.96. The molecule has 23 heavy (non-hydrogen) atoms. The Hall–Kier alpha value is -0.790. The molecule has 132 valence electrons. The molecule has 2 fully saturated rings. The predicted octanol–water partition coefficient (Wildman–Crippen LogP) is 2.96. The predicted molar refractivity (Wildman–Crippen MR) is 84.8 cm³/mol. The van der Waals surface area contributed by atoms with Crippen LogP contribution < -0.4 is 5.32 Å². The Morgan fingerprint density at radius 1 is 1.22 bits per heavy atom. The van der Waals surface area contributed by atoms with E-state index < -0.39 is 11.9 Å². The van der Waals surface area contributed by atoms with E-state index in [2.05, 4.69) is 15.3 Å². The highest BCUT2D eigenvalue weighted by Gasteiger charge is 2.34. The summed E-state index contributed by atoms with van der Waals surface area (Å²) < 4.78 is 39.5. The van der Waals surface area contributed by atoms with E-state index in [4.69, 9.17) is 0 Å². The zero-order valence-electron chi connectivity index (χ0n) is 13.1. The fraction of sp³-hybridized carbons (Fsp3) is 0.800. The number of aromatic nitrogens is 2. The molecule has 0 saturated carbocycles. The molecule has 3 heterocycles. The van der Waals surface area contributed by atoms with Crippen molar-refractivity contribution in [2.24, 2.45) is 5.92 Å². The number of rotatable bonds is 3. The topological polar surface area (TPSA) is 33.1 Å². The van der Waals surface area contributed by atoms with Gasteiger partial charge < -0.3 is 10.2 Å². The van der Waals surface area contributed by atoms with Crippen molar-refractivity contribution in [3.8, 4) is 0 Å². The molecule has 0 aromatic carbocycles. The SMILES string of the molecule is Cl.FC(F)(F)c1ccn(C2CCCN(CC3CCNCC3)C2)n1. The van der Waals surface area contributed by atoms with E-state index in [1.807, 2.05) is 0 Å². The van der Waals surface area contributed by atoms with E-state index in [9.17, 15) is 13.2 Å². The maximum absolute atomic E-state index is 12.7. The standard InChI is InChI=1S/C15H23F3N4.ClH/c16-15(17,18)14-5-9-22(20-14)13-2-1-8-21(11-13)10-12-3-6-19-7-4-12;/h5,9,12-13,19H,1-4,6-8,10-11H2;1H. The molecule has 0 radical (unpaired) electrons. The normalized spacial score (nSPS) is 24.4. The highest BCUT2D eigenvalue weighted by molar-refractivity contribution is 5.85. The van der Waals surface area contributed by atoms with Gasteiger partial charge in [0.25, 0.3) is 0 Å². The van der Waals surface area contributed by atoms with E-state index in [0.29, 0.717) is 5.92 Å². The fourth-order valence-electron chi connectivity index (χ4n) is 3.53. The maximum Gasteiger partial charge on any atom is 0.435 e. The third-order valence-corrected chi connectivity index (χ3v) is 4.73. The molecular weight excluding hydrogens is 329 g/mol. The Labute approximate surface area is 140 Å². The molecular formula is C15H24ClF3N4. The molecule has 2 aliphatic rings. The van der Waals surface area contributed by atoms with Gasteiger partial charge in [0.1, 0.15) is 0 Å². The first-order valence-electron chi connectivity index (χ1n) is 8.08. The van der Waals surface area contributed by atoms with Gasteiger partial charge in [-0.1, -0.05) is 0 Å². The van der Waals surface area contributed by atoms with Crippen molar-refractivity contribution in [1.29, 1.82) is 0 Å². The average molecular weight is 353 g/mol. The molecule has 2 aliphatic heterocycles. The quantitative estimate of drug-likeness (QED) is 0.908.